The molecule has 2 heterocycles. The maximum atomic E-state index is 5.71. The van der Waals surface area contributed by atoms with Crippen LogP contribution < -0.4 is 5.32 Å². The quantitative estimate of drug-likeness (QED) is 0.865. The molecule has 0 aliphatic carbocycles. The van der Waals surface area contributed by atoms with Crippen molar-refractivity contribution in [2.75, 3.05) is 26.2 Å². The van der Waals surface area contributed by atoms with E-state index in [4.69, 9.17) is 9.26 Å². The minimum atomic E-state index is -0.115. The monoisotopic (exact) mass is 318 g/mol. The molecule has 0 aromatic carbocycles. The van der Waals surface area contributed by atoms with Crippen molar-refractivity contribution in [2.45, 2.75) is 46.4 Å². The van der Waals surface area contributed by atoms with Crippen molar-refractivity contribution in [3.8, 4) is 0 Å². The molecule has 1 fully saturated rings. The maximum absolute atomic E-state index is 5.71. The van der Waals surface area contributed by atoms with Gasteiger partial charge in [0.2, 0.25) is 5.89 Å². The highest BCUT2D eigenvalue weighted by atomic mass is 35.5. The zero-order valence-electron chi connectivity index (χ0n) is 13.3. The summed E-state index contributed by atoms with van der Waals surface area (Å²) in [5.41, 5.74) is 0. The highest BCUT2D eigenvalue weighted by Crippen LogP contribution is 2.16. The molecule has 0 spiro atoms. The van der Waals surface area contributed by atoms with Crippen LogP contribution >= 0.6 is 12.4 Å². The van der Waals surface area contributed by atoms with Crippen molar-refractivity contribution in [3.05, 3.63) is 11.7 Å². The van der Waals surface area contributed by atoms with E-state index in [9.17, 15) is 0 Å². The third kappa shape index (κ3) is 5.54. The van der Waals surface area contributed by atoms with Crippen LogP contribution in [0.3, 0.4) is 0 Å². The Hall–Kier alpha value is -0.690. The molecule has 1 aromatic heterocycles. The highest BCUT2D eigenvalue weighted by Gasteiger charge is 2.21. The lowest BCUT2D eigenvalue weighted by molar-refractivity contribution is 0.0402. The molecule has 1 aliphatic rings. The Balaban J connectivity index is 0.00000220. The van der Waals surface area contributed by atoms with Crippen molar-refractivity contribution >= 4 is 12.4 Å². The number of nitrogens with one attached hydrogen (secondary N) is 1. The van der Waals surface area contributed by atoms with Crippen LogP contribution in [-0.2, 0) is 11.3 Å². The third-order valence-corrected chi connectivity index (χ3v) is 3.50. The molecule has 7 heteroatoms. The van der Waals surface area contributed by atoms with Crippen LogP contribution in [0.4, 0.5) is 0 Å². The number of rotatable bonds is 6. The molecule has 1 aromatic rings. The lowest BCUT2D eigenvalue weighted by Crippen LogP contribution is -2.49. The number of aromatic nitrogens is 2. The first-order chi connectivity index (χ1) is 9.56. The fraction of sp³-hybridized carbons (Fsp3) is 0.857. The lowest BCUT2D eigenvalue weighted by Gasteiger charge is -2.32. The summed E-state index contributed by atoms with van der Waals surface area (Å²) < 4.78 is 11.0. The minimum absolute atomic E-state index is 0. The minimum Gasteiger partial charge on any atom is -0.370 e. The Labute approximate surface area is 133 Å². The molecule has 1 unspecified atom stereocenters. The van der Waals surface area contributed by atoms with Crippen LogP contribution in [0, 0.1) is 5.92 Å². The van der Waals surface area contributed by atoms with Gasteiger partial charge in [0.25, 0.3) is 0 Å². The van der Waals surface area contributed by atoms with Gasteiger partial charge < -0.3 is 14.6 Å². The molecule has 1 aliphatic heterocycles. The number of hydrogen-bond acceptors (Lipinski definition) is 6. The van der Waals surface area contributed by atoms with Crippen molar-refractivity contribution < 1.29 is 9.26 Å². The van der Waals surface area contributed by atoms with Crippen LogP contribution in [0.25, 0.3) is 0 Å². The SMILES string of the molecule is CC(C)COC(C)c1noc(CN2CCNC[C@@H]2C)n1.Cl. The van der Waals surface area contributed by atoms with Gasteiger partial charge in [-0.2, -0.15) is 4.98 Å². The van der Waals surface area contributed by atoms with E-state index < -0.39 is 0 Å². The van der Waals surface area contributed by atoms with Gasteiger partial charge >= 0.3 is 0 Å². The van der Waals surface area contributed by atoms with Gasteiger partial charge in [0.05, 0.1) is 6.54 Å². The molecule has 0 radical (unpaired) electrons. The van der Waals surface area contributed by atoms with E-state index in [1.54, 1.807) is 0 Å². The molecule has 6 nitrogen and oxygen atoms in total. The van der Waals surface area contributed by atoms with Crippen LogP contribution in [0.15, 0.2) is 4.52 Å². The number of piperazine rings is 1. The van der Waals surface area contributed by atoms with E-state index in [0.717, 1.165) is 19.6 Å². The number of hydrogen-bond donors (Lipinski definition) is 1. The third-order valence-electron chi connectivity index (χ3n) is 3.50. The Morgan fingerprint density at radius 3 is 2.86 bits per heavy atom. The second-order valence-electron chi connectivity index (χ2n) is 5.94. The zero-order valence-corrected chi connectivity index (χ0v) is 14.2. The molecule has 0 saturated carbocycles. The molecule has 1 saturated heterocycles. The summed E-state index contributed by atoms with van der Waals surface area (Å²) in [6.45, 7) is 12.9. The second kappa shape index (κ2) is 8.68. The molecule has 2 atom stereocenters. The van der Waals surface area contributed by atoms with Crippen LogP contribution in [0.1, 0.15) is 45.5 Å². The zero-order chi connectivity index (χ0) is 14.5. The topological polar surface area (TPSA) is 63.4 Å². The second-order valence-corrected chi connectivity index (χ2v) is 5.94. The van der Waals surface area contributed by atoms with Gasteiger partial charge in [0.15, 0.2) is 5.82 Å². The van der Waals surface area contributed by atoms with E-state index in [1.165, 1.54) is 0 Å². The first-order valence-corrected chi connectivity index (χ1v) is 7.45. The Bertz CT molecular complexity index is 413. The maximum Gasteiger partial charge on any atom is 0.240 e. The lowest BCUT2D eigenvalue weighted by atomic mass is 10.2. The first kappa shape index (κ1) is 18.4. The molecule has 21 heavy (non-hydrogen) atoms. The van der Waals surface area contributed by atoms with Crippen molar-refractivity contribution in [1.29, 1.82) is 0 Å². The highest BCUT2D eigenvalue weighted by molar-refractivity contribution is 5.85. The molecule has 0 amide bonds. The molecular weight excluding hydrogens is 292 g/mol. The molecule has 122 valence electrons. The van der Waals surface area contributed by atoms with Crippen LogP contribution in [0.5, 0.6) is 0 Å². The van der Waals surface area contributed by atoms with Crippen molar-refractivity contribution in [3.63, 3.8) is 0 Å². The summed E-state index contributed by atoms with van der Waals surface area (Å²) in [5, 5.41) is 7.40. The van der Waals surface area contributed by atoms with Gasteiger partial charge in [-0.1, -0.05) is 19.0 Å². The summed E-state index contributed by atoms with van der Waals surface area (Å²) in [6, 6.07) is 0.494. The summed E-state index contributed by atoms with van der Waals surface area (Å²) in [5.74, 6) is 1.82. The average Bonchev–Trinajstić information content (AvgIpc) is 2.87. The summed E-state index contributed by atoms with van der Waals surface area (Å²) in [7, 11) is 0. The van der Waals surface area contributed by atoms with Gasteiger partial charge in [-0.25, -0.2) is 0 Å². The predicted octanol–water partition coefficient (Wildman–Crippen LogP) is 2.02. The summed E-state index contributed by atoms with van der Waals surface area (Å²) in [6.07, 6.45) is -0.115. The smallest absolute Gasteiger partial charge is 0.240 e. The summed E-state index contributed by atoms with van der Waals surface area (Å²) >= 11 is 0. The number of halogens is 1. The fourth-order valence-corrected chi connectivity index (χ4v) is 2.20. The van der Waals surface area contributed by atoms with Crippen molar-refractivity contribution in [1.82, 2.24) is 20.4 Å². The normalized spacial score (nSPS) is 21.3. The van der Waals surface area contributed by atoms with Crippen LogP contribution in [-0.4, -0.2) is 47.3 Å². The standard InChI is InChI=1S/C14H26N4O2.ClH/c1-10(2)9-19-12(4)14-16-13(20-17-14)8-18-6-5-15-7-11(18)3;/h10-12,15H,5-9H2,1-4H3;1H/t11-,12?;/m0./s1. The van der Waals surface area contributed by atoms with Crippen LogP contribution in [0.2, 0.25) is 0 Å². The first-order valence-electron chi connectivity index (χ1n) is 7.45. The van der Waals surface area contributed by atoms with E-state index in [-0.39, 0.29) is 18.5 Å². The Kier molecular flexibility index (Phi) is 7.59. The van der Waals surface area contributed by atoms with E-state index in [0.29, 0.717) is 36.8 Å². The average molecular weight is 319 g/mol. The van der Waals surface area contributed by atoms with Crippen molar-refractivity contribution in [2.24, 2.45) is 5.92 Å². The van der Waals surface area contributed by atoms with Gasteiger partial charge in [0, 0.05) is 32.3 Å². The Morgan fingerprint density at radius 1 is 1.43 bits per heavy atom. The van der Waals surface area contributed by atoms with E-state index in [1.807, 2.05) is 6.92 Å². The largest absolute Gasteiger partial charge is 0.370 e. The van der Waals surface area contributed by atoms with Gasteiger partial charge in [-0.05, 0) is 19.8 Å². The van der Waals surface area contributed by atoms with Gasteiger partial charge in [-0.15, -0.1) is 12.4 Å². The van der Waals surface area contributed by atoms with E-state index in [2.05, 4.69) is 41.1 Å². The summed E-state index contributed by atoms with van der Waals surface area (Å²) in [4.78, 5) is 6.81. The molecule has 1 N–H and O–H groups in total. The molecule has 0 bridgehead atoms. The number of nitrogens with zero attached hydrogens (tertiary/aromatic N) is 3. The molecule has 2 rings (SSSR count). The Morgan fingerprint density at radius 2 is 2.19 bits per heavy atom. The van der Waals surface area contributed by atoms with Gasteiger partial charge in [0.1, 0.15) is 6.10 Å². The molecular formula is C14H27ClN4O2. The van der Waals surface area contributed by atoms with E-state index >= 15 is 0 Å². The number of ether oxygens (including phenoxy) is 1. The van der Waals surface area contributed by atoms with Gasteiger partial charge in [-0.3, -0.25) is 4.90 Å². The predicted molar refractivity (Wildman–Crippen MR) is 83.5 cm³/mol. The fourth-order valence-electron chi connectivity index (χ4n) is 2.20.